The SMILES string of the molecule is CCNC(=O)c1cccc(CS)c1. The van der Waals surface area contributed by atoms with Crippen molar-refractivity contribution in [3.05, 3.63) is 35.4 Å². The Labute approximate surface area is 83.8 Å². The summed E-state index contributed by atoms with van der Waals surface area (Å²) >= 11 is 4.15. The van der Waals surface area contributed by atoms with Gasteiger partial charge in [-0.1, -0.05) is 12.1 Å². The van der Waals surface area contributed by atoms with Crippen LogP contribution in [0, 0.1) is 0 Å². The fraction of sp³-hybridized carbons (Fsp3) is 0.300. The van der Waals surface area contributed by atoms with E-state index in [4.69, 9.17) is 0 Å². The molecule has 70 valence electrons. The summed E-state index contributed by atoms with van der Waals surface area (Å²) in [4.78, 5) is 11.4. The zero-order valence-corrected chi connectivity index (χ0v) is 8.47. The molecule has 0 atom stereocenters. The highest BCUT2D eigenvalue weighted by molar-refractivity contribution is 7.79. The number of nitrogens with one attached hydrogen (secondary N) is 1. The lowest BCUT2D eigenvalue weighted by Crippen LogP contribution is -2.22. The van der Waals surface area contributed by atoms with Gasteiger partial charge in [0, 0.05) is 17.9 Å². The lowest BCUT2D eigenvalue weighted by Gasteiger charge is -2.03. The third kappa shape index (κ3) is 2.77. The molecule has 0 aliphatic heterocycles. The molecule has 0 bridgehead atoms. The van der Waals surface area contributed by atoms with Crippen LogP contribution in [0.5, 0.6) is 0 Å². The quantitative estimate of drug-likeness (QED) is 0.708. The van der Waals surface area contributed by atoms with Crippen LogP contribution in [-0.4, -0.2) is 12.5 Å². The van der Waals surface area contributed by atoms with E-state index in [1.807, 2.05) is 25.1 Å². The van der Waals surface area contributed by atoms with Gasteiger partial charge in [0.25, 0.3) is 5.91 Å². The number of rotatable bonds is 3. The maximum Gasteiger partial charge on any atom is 0.251 e. The van der Waals surface area contributed by atoms with Crippen molar-refractivity contribution in [1.29, 1.82) is 0 Å². The number of carbonyl (C=O) groups excluding carboxylic acids is 1. The fourth-order valence-corrected chi connectivity index (χ4v) is 1.27. The number of hydrogen-bond donors (Lipinski definition) is 2. The zero-order valence-electron chi connectivity index (χ0n) is 7.58. The van der Waals surface area contributed by atoms with Gasteiger partial charge < -0.3 is 5.32 Å². The van der Waals surface area contributed by atoms with Gasteiger partial charge in [0.1, 0.15) is 0 Å². The molecular formula is C10H13NOS. The molecule has 0 unspecified atom stereocenters. The smallest absolute Gasteiger partial charge is 0.251 e. The average molecular weight is 195 g/mol. The van der Waals surface area contributed by atoms with E-state index in [0.29, 0.717) is 17.9 Å². The first-order valence-electron chi connectivity index (χ1n) is 4.26. The maximum atomic E-state index is 11.4. The summed E-state index contributed by atoms with van der Waals surface area (Å²) in [6.45, 7) is 2.56. The highest BCUT2D eigenvalue weighted by Crippen LogP contribution is 2.07. The molecule has 0 spiro atoms. The fourth-order valence-electron chi connectivity index (χ4n) is 1.07. The molecule has 1 N–H and O–H groups in total. The molecule has 0 aromatic heterocycles. The van der Waals surface area contributed by atoms with Gasteiger partial charge in [0.15, 0.2) is 0 Å². The van der Waals surface area contributed by atoms with Crippen LogP contribution in [-0.2, 0) is 5.75 Å². The molecule has 1 aromatic carbocycles. The van der Waals surface area contributed by atoms with Crippen LogP contribution in [0.4, 0.5) is 0 Å². The first kappa shape index (κ1) is 10.1. The maximum absolute atomic E-state index is 11.4. The van der Waals surface area contributed by atoms with E-state index in [9.17, 15) is 4.79 Å². The van der Waals surface area contributed by atoms with Crippen molar-refractivity contribution in [3.8, 4) is 0 Å². The van der Waals surface area contributed by atoms with E-state index in [1.165, 1.54) is 0 Å². The Balaban J connectivity index is 2.82. The van der Waals surface area contributed by atoms with Gasteiger partial charge in [-0.2, -0.15) is 12.6 Å². The molecule has 0 heterocycles. The van der Waals surface area contributed by atoms with Crippen molar-refractivity contribution in [2.24, 2.45) is 0 Å². The molecule has 0 fully saturated rings. The summed E-state index contributed by atoms with van der Waals surface area (Å²) < 4.78 is 0. The van der Waals surface area contributed by atoms with Crippen molar-refractivity contribution in [1.82, 2.24) is 5.32 Å². The van der Waals surface area contributed by atoms with Crippen molar-refractivity contribution in [3.63, 3.8) is 0 Å². The number of thiol groups is 1. The predicted molar refractivity (Wildman–Crippen MR) is 57.1 cm³/mol. The minimum atomic E-state index is -0.0221. The van der Waals surface area contributed by atoms with Crippen LogP contribution < -0.4 is 5.32 Å². The summed E-state index contributed by atoms with van der Waals surface area (Å²) in [5.41, 5.74) is 1.76. The second-order valence-electron chi connectivity index (χ2n) is 2.72. The van der Waals surface area contributed by atoms with Crippen LogP contribution in [0.25, 0.3) is 0 Å². The monoisotopic (exact) mass is 195 g/mol. The van der Waals surface area contributed by atoms with Gasteiger partial charge in [-0.15, -0.1) is 0 Å². The highest BCUT2D eigenvalue weighted by Gasteiger charge is 2.03. The summed E-state index contributed by atoms with van der Waals surface area (Å²) in [5.74, 6) is 0.638. The normalized spacial score (nSPS) is 9.69. The molecule has 0 saturated heterocycles. The molecule has 0 saturated carbocycles. The van der Waals surface area contributed by atoms with Gasteiger partial charge >= 0.3 is 0 Å². The van der Waals surface area contributed by atoms with Crippen molar-refractivity contribution in [2.45, 2.75) is 12.7 Å². The Hall–Kier alpha value is -0.960. The largest absolute Gasteiger partial charge is 0.352 e. The Morgan fingerprint density at radius 1 is 1.54 bits per heavy atom. The molecule has 1 rings (SSSR count). The van der Waals surface area contributed by atoms with Crippen molar-refractivity contribution in [2.75, 3.05) is 6.54 Å². The van der Waals surface area contributed by atoms with Gasteiger partial charge in [-0.25, -0.2) is 0 Å². The summed E-state index contributed by atoms with van der Waals surface area (Å²) in [5, 5.41) is 2.75. The van der Waals surface area contributed by atoms with E-state index in [-0.39, 0.29) is 5.91 Å². The van der Waals surface area contributed by atoms with Gasteiger partial charge in [-0.05, 0) is 24.6 Å². The summed E-state index contributed by atoms with van der Waals surface area (Å²) in [6.07, 6.45) is 0. The van der Waals surface area contributed by atoms with E-state index in [0.717, 1.165) is 5.56 Å². The summed E-state index contributed by atoms with van der Waals surface area (Å²) in [6, 6.07) is 7.49. The molecule has 0 aliphatic carbocycles. The number of amides is 1. The Bertz CT molecular complexity index is 299. The van der Waals surface area contributed by atoms with Gasteiger partial charge in [-0.3, -0.25) is 4.79 Å². The molecule has 2 nitrogen and oxygen atoms in total. The molecule has 13 heavy (non-hydrogen) atoms. The Kier molecular flexibility index (Phi) is 3.83. The van der Waals surface area contributed by atoms with Crippen LogP contribution in [0.1, 0.15) is 22.8 Å². The molecule has 1 amide bonds. The minimum Gasteiger partial charge on any atom is -0.352 e. The second kappa shape index (κ2) is 4.92. The Morgan fingerprint density at radius 2 is 2.31 bits per heavy atom. The predicted octanol–water partition coefficient (Wildman–Crippen LogP) is 1.87. The van der Waals surface area contributed by atoms with E-state index in [2.05, 4.69) is 17.9 Å². The van der Waals surface area contributed by atoms with E-state index in [1.54, 1.807) is 6.07 Å². The van der Waals surface area contributed by atoms with Crippen LogP contribution in [0.3, 0.4) is 0 Å². The lowest BCUT2D eigenvalue weighted by molar-refractivity contribution is 0.0956. The first-order valence-corrected chi connectivity index (χ1v) is 4.89. The van der Waals surface area contributed by atoms with Crippen LogP contribution in [0.15, 0.2) is 24.3 Å². The third-order valence-corrected chi connectivity index (χ3v) is 2.07. The highest BCUT2D eigenvalue weighted by atomic mass is 32.1. The number of carbonyl (C=O) groups is 1. The van der Waals surface area contributed by atoms with Crippen molar-refractivity contribution >= 4 is 18.5 Å². The second-order valence-corrected chi connectivity index (χ2v) is 3.03. The molecule has 1 aromatic rings. The zero-order chi connectivity index (χ0) is 9.68. The summed E-state index contributed by atoms with van der Waals surface area (Å²) in [7, 11) is 0. The van der Waals surface area contributed by atoms with E-state index < -0.39 is 0 Å². The van der Waals surface area contributed by atoms with Gasteiger partial charge in [0.05, 0.1) is 0 Å². The molecule has 3 heteroatoms. The van der Waals surface area contributed by atoms with Crippen LogP contribution in [0.2, 0.25) is 0 Å². The topological polar surface area (TPSA) is 29.1 Å². The lowest BCUT2D eigenvalue weighted by atomic mass is 10.1. The van der Waals surface area contributed by atoms with Crippen molar-refractivity contribution < 1.29 is 4.79 Å². The first-order chi connectivity index (χ1) is 6.27. The number of benzene rings is 1. The average Bonchev–Trinajstić information content (AvgIpc) is 2.18. The van der Waals surface area contributed by atoms with E-state index >= 15 is 0 Å². The number of hydrogen-bond acceptors (Lipinski definition) is 2. The van der Waals surface area contributed by atoms with Crippen LogP contribution >= 0.6 is 12.6 Å². The minimum absolute atomic E-state index is 0.0221. The standard InChI is InChI=1S/C10H13NOS/c1-2-11-10(12)9-5-3-4-8(6-9)7-13/h3-6,13H,2,7H2,1H3,(H,11,12). The Morgan fingerprint density at radius 3 is 2.92 bits per heavy atom. The molecular weight excluding hydrogens is 182 g/mol. The van der Waals surface area contributed by atoms with Gasteiger partial charge in [0.2, 0.25) is 0 Å². The molecule has 0 radical (unpaired) electrons. The molecule has 0 aliphatic rings. The third-order valence-electron chi connectivity index (χ3n) is 1.71.